The third-order valence-electron chi connectivity index (χ3n) is 3.40. The standard InChI is InChI=1S/C14H19BrClNO2/c1-4-14(5-2,9-15)17-13(18)11-7-6-10(16)8-12(11)19-3/h6-8H,4-5,9H2,1-3H3,(H,17,18). The van der Waals surface area contributed by atoms with Gasteiger partial charge in [0, 0.05) is 15.9 Å². The van der Waals surface area contributed by atoms with Gasteiger partial charge in [0.25, 0.3) is 5.91 Å². The van der Waals surface area contributed by atoms with Crippen molar-refractivity contribution in [2.24, 2.45) is 0 Å². The maximum absolute atomic E-state index is 12.4. The van der Waals surface area contributed by atoms with Crippen LogP contribution in [0.3, 0.4) is 0 Å². The van der Waals surface area contributed by atoms with Gasteiger partial charge in [-0.05, 0) is 31.0 Å². The fourth-order valence-electron chi connectivity index (χ4n) is 1.81. The van der Waals surface area contributed by atoms with E-state index in [0.29, 0.717) is 21.7 Å². The first-order valence-electron chi connectivity index (χ1n) is 6.24. The molecular weight excluding hydrogens is 330 g/mol. The summed E-state index contributed by atoms with van der Waals surface area (Å²) < 4.78 is 5.21. The van der Waals surface area contributed by atoms with Gasteiger partial charge in [0.15, 0.2) is 0 Å². The minimum Gasteiger partial charge on any atom is -0.496 e. The van der Waals surface area contributed by atoms with Crippen LogP contribution in [0.25, 0.3) is 0 Å². The summed E-state index contributed by atoms with van der Waals surface area (Å²) in [6.45, 7) is 4.12. The number of rotatable bonds is 6. The largest absolute Gasteiger partial charge is 0.496 e. The first kappa shape index (κ1) is 16.3. The number of ether oxygens (including phenoxy) is 1. The zero-order valence-electron chi connectivity index (χ0n) is 11.4. The van der Waals surface area contributed by atoms with E-state index in [2.05, 4.69) is 35.1 Å². The number of hydrogen-bond acceptors (Lipinski definition) is 2. The normalized spacial score (nSPS) is 11.2. The molecule has 1 aromatic carbocycles. The Hall–Kier alpha value is -0.740. The molecule has 3 nitrogen and oxygen atoms in total. The van der Waals surface area contributed by atoms with Crippen molar-refractivity contribution in [1.29, 1.82) is 0 Å². The van der Waals surface area contributed by atoms with Crippen LogP contribution in [0.2, 0.25) is 5.02 Å². The second-order valence-electron chi connectivity index (χ2n) is 4.42. The van der Waals surface area contributed by atoms with Gasteiger partial charge in [0.2, 0.25) is 0 Å². The Bertz CT molecular complexity index is 439. The maximum Gasteiger partial charge on any atom is 0.255 e. The summed E-state index contributed by atoms with van der Waals surface area (Å²) in [6, 6.07) is 5.01. The number of amides is 1. The number of hydrogen-bond donors (Lipinski definition) is 1. The van der Waals surface area contributed by atoms with E-state index < -0.39 is 0 Å². The Balaban J connectivity index is 3.01. The fourth-order valence-corrected chi connectivity index (χ4v) is 2.91. The van der Waals surface area contributed by atoms with Gasteiger partial charge in [-0.15, -0.1) is 0 Å². The molecule has 1 rings (SSSR count). The van der Waals surface area contributed by atoms with Crippen molar-refractivity contribution in [2.75, 3.05) is 12.4 Å². The molecule has 5 heteroatoms. The van der Waals surface area contributed by atoms with Crippen molar-refractivity contribution in [3.63, 3.8) is 0 Å². The zero-order chi connectivity index (χ0) is 14.5. The second kappa shape index (κ2) is 7.15. The molecule has 0 spiro atoms. The highest BCUT2D eigenvalue weighted by atomic mass is 79.9. The van der Waals surface area contributed by atoms with E-state index in [0.717, 1.165) is 12.8 Å². The lowest BCUT2D eigenvalue weighted by Gasteiger charge is -2.31. The van der Waals surface area contributed by atoms with E-state index in [1.54, 1.807) is 18.2 Å². The highest BCUT2D eigenvalue weighted by molar-refractivity contribution is 9.09. The predicted octanol–water partition coefficient (Wildman–Crippen LogP) is 4.03. The molecule has 0 unspecified atom stereocenters. The monoisotopic (exact) mass is 347 g/mol. The lowest BCUT2D eigenvalue weighted by Crippen LogP contribution is -2.49. The minimum atomic E-state index is -0.234. The van der Waals surface area contributed by atoms with Crippen LogP contribution >= 0.6 is 27.5 Å². The number of halogens is 2. The SMILES string of the molecule is CCC(CC)(CBr)NC(=O)c1ccc(Cl)cc1OC. The molecule has 1 amide bonds. The van der Waals surface area contributed by atoms with E-state index >= 15 is 0 Å². The lowest BCUT2D eigenvalue weighted by molar-refractivity contribution is 0.0900. The summed E-state index contributed by atoms with van der Waals surface area (Å²) in [6.07, 6.45) is 1.72. The number of alkyl halides is 1. The molecule has 1 aromatic rings. The number of benzene rings is 1. The molecule has 0 saturated carbocycles. The molecule has 0 bridgehead atoms. The average Bonchev–Trinajstić information content (AvgIpc) is 2.44. The highest BCUT2D eigenvalue weighted by Crippen LogP contribution is 2.25. The van der Waals surface area contributed by atoms with Gasteiger partial charge in [0.1, 0.15) is 5.75 Å². The Morgan fingerprint density at radius 3 is 2.53 bits per heavy atom. The molecule has 0 atom stereocenters. The Labute approximate surface area is 127 Å². The molecule has 0 saturated heterocycles. The van der Waals surface area contributed by atoms with Crippen molar-refractivity contribution < 1.29 is 9.53 Å². The van der Waals surface area contributed by atoms with Crippen molar-refractivity contribution in [1.82, 2.24) is 5.32 Å². The first-order chi connectivity index (χ1) is 9.01. The van der Waals surface area contributed by atoms with Crippen LogP contribution in [0, 0.1) is 0 Å². The third kappa shape index (κ3) is 3.86. The Morgan fingerprint density at radius 2 is 2.05 bits per heavy atom. The summed E-state index contributed by atoms with van der Waals surface area (Å²) in [5.74, 6) is 0.345. The van der Waals surface area contributed by atoms with E-state index in [1.165, 1.54) is 7.11 Å². The zero-order valence-corrected chi connectivity index (χ0v) is 13.8. The van der Waals surface area contributed by atoms with Crippen molar-refractivity contribution in [3.8, 4) is 5.75 Å². The maximum atomic E-state index is 12.4. The van der Waals surface area contributed by atoms with E-state index in [9.17, 15) is 4.79 Å². The molecule has 1 N–H and O–H groups in total. The molecule has 106 valence electrons. The van der Waals surface area contributed by atoms with E-state index in [-0.39, 0.29) is 11.4 Å². The van der Waals surface area contributed by atoms with Crippen LogP contribution in [-0.2, 0) is 0 Å². The summed E-state index contributed by atoms with van der Waals surface area (Å²) >= 11 is 9.37. The lowest BCUT2D eigenvalue weighted by atomic mass is 9.95. The Morgan fingerprint density at radius 1 is 1.42 bits per heavy atom. The quantitative estimate of drug-likeness (QED) is 0.788. The van der Waals surface area contributed by atoms with Crippen LogP contribution in [0.5, 0.6) is 5.75 Å². The number of nitrogens with one attached hydrogen (secondary N) is 1. The van der Waals surface area contributed by atoms with Gasteiger partial charge in [0.05, 0.1) is 12.7 Å². The molecule has 0 fully saturated rings. The Kier molecular flexibility index (Phi) is 6.14. The number of methoxy groups -OCH3 is 1. The van der Waals surface area contributed by atoms with E-state index in [1.807, 2.05) is 0 Å². The molecule has 0 heterocycles. The molecule has 0 aliphatic rings. The third-order valence-corrected chi connectivity index (χ3v) is 4.70. The molecule has 19 heavy (non-hydrogen) atoms. The molecule has 0 aliphatic heterocycles. The van der Waals surface area contributed by atoms with Crippen LogP contribution in [0.4, 0.5) is 0 Å². The summed E-state index contributed by atoms with van der Waals surface area (Å²) in [4.78, 5) is 12.4. The first-order valence-corrected chi connectivity index (χ1v) is 7.74. The van der Waals surface area contributed by atoms with Gasteiger partial charge >= 0.3 is 0 Å². The smallest absolute Gasteiger partial charge is 0.255 e. The average molecular weight is 349 g/mol. The van der Waals surface area contributed by atoms with Gasteiger partial charge in [-0.3, -0.25) is 4.79 Å². The van der Waals surface area contributed by atoms with Crippen LogP contribution in [0.1, 0.15) is 37.0 Å². The van der Waals surface area contributed by atoms with Crippen LogP contribution in [-0.4, -0.2) is 23.9 Å². The summed E-state index contributed by atoms with van der Waals surface area (Å²) in [5.41, 5.74) is 0.265. The van der Waals surface area contributed by atoms with Crippen molar-refractivity contribution in [2.45, 2.75) is 32.2 Å². The molecule has 0 aliphatic carbocycles. The van der Waals surface area contributed by atoms with Gasteiger partial charge in [-0.2, -0.15) is 0 Å². The fraction of sp³-hybridized carbons (Fsp3) is 0.500. The molecule has 0 radical (unpaired) electrons. The van der Waals surface area contributed by atoms with Crippen LogP contribution < -0.4 is 10.1 Å². The predicted molar refractivity (Wildman–Crippen MR) is 82.6 cm³/mol. The van der Waals surface area contributed by atoms with Crippen LogP contribution in [0.15, 0.2) is 18.2 Å². The number of carbonyl (C=O) groups excluding carboxylic acids is 1. The molecular formula is C14H19BrClNO2. The highest BCUT2D eigenvalue weighted by Gasteiger charge is 2.28. The summed E-state index contributed by atoms with van der Waals surface area (Å²) in [5, 5.41) is 4.35. The van der Waals surface area contributed by atoms with Crippen molar-refractivity contribution in [3.05, 3.63) is 28.8 Å². The molecule has 0 aromatic heterocycles. The minimum absolute atomic E-state index is 0.142. The number of carbonyl (C=O) groups is 1. The topological polar surface area (TPSA) is 38.3 Å². The van der Waals surface area contributed by atoms with Gasteiger partial charge < -0.3 is 10.1 Å². The van der Waals surface area contributed by atoms with E-state index in [4.69, 9.17) is 16.3 Å². The second-order valence-corrected chi connectivity index (χ2v) is 5.42. The van der Waals surface area contributed by atoms with Gasteiger partial charge in [-0.1, -0.05) is 41.4 Å². The summed E-state index contributed by atoms with van der Waals surface area (Å²) in [7, 11) is 1.53. The van der Waals surface area contributed by atoms with Crippen molar-refractivity contribution >= 4 is 33.4 Å². The van der Waals surface area contributed by atoms with Gasteiger partial charge in [-0.25, -0.2) is 0 Å².